The van der Waals surface area contributed by atoms with Gasteiger partial charge in [0.05, 0.1) is 12.1 Å². The van der Waals surface area contributed by atoms with E-state index in [4.69, 9.17) is 5.11 Å². The van der Waals surface area contributed by atoms with Crippen molar-refractivity contribution in [2.45, 2.75) is 6.54 Å². The van der Waals surface area contributed by atoms with Crippen LogP contribution in [0.4, 0.5) is 8.78 Å². The van der Waals surface area contributed by atoms with Crippen LogP contribution in [-0.2, 0) is 6.54 Å². The van der Waals surface area contributed by atoms with Crippen LogP contribution in [0, 0.1) is 11.6 Å². The molecule has 0 unspecified atom stereocenters. The number of hydrogen-bond acceptors (Lipinski definition) is 1. The first-order valence-electron chi connectivity index (χ1n) is 6.31. The largest absolute Gasteiger partial charge is 0.478 e. The Morgan fingerprint density at radius 1 is 1.10 bits per heavy atom. The molecular formula is C16H11F2NO2. The Kier molecular flexibility index (Phi) is 3.17. The number of carbonyl (C=O) groups is 1. The third-order valence-electron chi connectivity index (χ3n) is 3.37. The third-order valence-corrected chi connectivity index (χ3v) is 3.37. The summed E-state index contributed by atoms with van der Waals surface area (Å²) in [5.74, 6) is -2.20. The van der Waals surface area contributed by atoms with E-state index in [9.17, 15) is 13.6 Å². The van der Waals surface area contributed by atoms with Gasteiger partial charge < -0.3 is 9.67 Å². The summed E-state index contributed by atoms with van der Waals surface area (Å²) in [5, 5.41) is 9.72. The molecule has 1 aromatic heterocycles. The molecule has 0 saturated carbocycles. The maximum atomic E-state index is 13.7. The van der Waals surface area contributed by atoms with Gasteiger partial charge in [-0.25, -0.2) is 13.6 Å². The Hall–Kier alpha value is -2.69. The van der Waals surface area contributed by atoms with Crippen LogP contribution in [0.3, 0.4) is 0 Å². The normalized spacial score (nSPS) is 11.0. The first kappa shape index (κ1) is 13.3. The van der Waals surface area contributed by atoms with Gasteiger partial charge in [0.1, 0.15) is 11.6 Å². The van der Waals surface area contributed by atoms with Crippen LogP contribution < -0.4 is 0 Å². The van der Waals surface area contributed by atoms with Crippen LogP contribution in [0.1, 0.15) is 15.9 Å². The third kappa shape index (κ3) is 2.50. The minimum absolute atomic E-state index is 0.202. The van der Waals surface area contributed by atoms with Gasteiger partial charge in [-0.2, -0.15) is 0 Å². The summed E-state index contributed by atoms with van der Waals surface area (Å²) in [5.41, 5.74) is 1.37. The lowest BCUT2D eigenvalue weighted by Gasteiger charge is -2.07. The highest BCUT2D eigenvalue weighted by molar-refractivity contribution is 5.93. The van der Waals surface area contributed by atoms with Crippen LogP contribution in [0.15, 0.2) is 48.7 Å². The lowest BCUT2D eigenvalue weighted by molar-refractivity contribution is 0.0697. The number of aromatic carboxylic acids is 1. The van der Waals surface area contributed by atoms with Crippen molar-refractivity contribution in [1.29, 1.82) is 0 Å². The van der Waals surface area contributed by atoms with Crippen molar-refractivity contribution >= 4 is 16.9 Å². The maximum Gasteiger partial charge on any atom is 0.335 e. The summed E-state index contributed by atoms with van der Waals surface area (Å²) < 4.78 is 28.4. The zero-order chi connectivity index (χ0) is 15.0. The zero-order valence-corrected chi connectivity index (χ0v) is 10.9. The van der Waals surface area contributed by atoms with Crippen molar-refractivity contribution in [3.8, 4) is 0 Å². The molecule has 3 rings (SSSR count). The van der Waals surface area contributed by atoms with E-state index in [0.29, 0.717) is 5.56 Å². The van der Waals surface area contributed by atoms with E-state index in [1.807, 2.05) is 0 Å². The Morgan fingerprint density at radius 2 is 1.90 bits per heavy atom. The lowest BCUT2D eigenvalue weighted by Crippen LogP contribution is -2.01. The molecule has 0 saturated heterocycles. The number of benzene rings is 2. The Morgan fingerprint density at radius 3 is 2.62 bits per heavy atom. The number of aromatic nitrogens is 1. The number of rotatable bonds is 3. The Labute approximate surface area is 119 Å². The van der Waals surface area contributed by atoms with Gasteiger partial charge in [0.15, 0.2) is 0 Å². The fourth-order valence-electron chi connectivity index (χ4n) is 2.30. The summed E-state index contributed by atoms with van der Waals surface area (Å²) in [6, 6.07) is 9.99. The van der Waals surface area contributed by atoms with E-state index in [2.05, 4.69) is 0 Å². The second-order valence-electron chi connectivity index (χ2n) is 4.76. The van der Waals surface area contributed by atoms with Crippen molar-refractivity contribution in [2.75, 3.05) is 0 Å². The molecule has 0 amide bonds. The molecule has 0 fully saturated rings. The van der Waals surface area contributed by atoms with Gasteiger partial charge in [0, 0.05) is 28.7 Å². The van der Waals surface area contributed by atoms with E-state index in [-0.39, 0.29) is 12.1 Å². The molecule has 1 N–H and O–H groups in total. The van der Waals surface area contributed by atoms with Crippen LogP contribution in [0.25, 0.3) is 10.9 Å². The summed E-state index contributed by atoms with van der Waals surface area (Å²) in [7, 11) is 0. The van der Waals surface area contributed by atoms with E-state index in [1.54, 1.807) is 29.0 Å². The second-order valence-corrected chi connectivity index (χ2v) is 4.76. The highest BCUT2D eigenvalue weighted by Gasteiger charge is 2.09. The van der Waals surface area contributed by atoms with Gasteiger partial charge >= 0.3 is 5.97 Å². The number of nitrogens with zero attached hydrogens (tertiary/aromatic N) is 1. The Bertz CT molecular complexity index is 839. The van der Waals surface area contributed by atoms with Gasteiger partial charge in [-0.05, 0) is 30.3 Å². The van der Waals surface area contributed by atoms with Crippen molar-refractivity contribution < 1.29 is 18.7 Å². The quantitative estimate of drug-likeness (QED) is 0.798. The molecule has 0 spiro atoms. The molecule has 3 aromatic rings. The number of hydrogen-bond donors (Lipinski definition) is 1. The summed E-state index contributed by atoms with van der Waals surface area (Å²) in [6.07, 6.45) is 1.75. The monoisotopic (exact) mass is 287 g/mol. The average Bonchev–Trinajstić information content (AvgIpc) is 2.84. The number of carboxylic acids is 1. The molecule has 2 aromatic carbocycles. The summed E-state index contributed by atoms with van der Waals surface area (Å²) in [4.78, 5) is 10.9. The number of fused-ring (bicyclic) bond motifs is 1. The summed E-state index contributed by atoms with van der Waals surface area (Å²) in [6.45, 7) is 0.252. The van der Waals surface area contributed by atoms with E-state index in [1.165, 1.54) is 18.2 Å². The minimum atomic E-state index is -0.991. The molecule has 21 heavy (non-hydrogen) atoms. The molecule has 0 bridgehead atoms. The molecule has 5 heteroatoms. The topological polar surface area (TPSA) is 42.2 Å². The van der Waals surface area contributed by atoms with Crippen LogP contribution in [-0.4, -0.2) is 15.6 Å². The first-order chi connectivity index (χ1) is 10.0. The first-order valence-corrected chi connectivity index (χ1v) is 6.31. The molecular weight excluding hydrogens is 276 g/mol. The molecule has 3 nitrogen and oxygen atoms in total. The van der Waals surface area contributed by atoms with Crippen molar-refractivity contribution in [3.05, 3.63) is 71.4 Å². The molecule has 1 heterocycles. The van der Waals surface area contributed by atoms with E-state index in [0.717, 1.165) is 17.0 Å². The molecule has 0 aliphatic heterocycles. The smallest absolute Gasteiger partial charge is 0.335 e. The van der Waals surface area contributed by atoms with Gasteiger partial charge in [-0.1, -0.05) is 6.07 Å². The second kappa shape index (κ2) is 5.01. The van der Waals surface area contributed by atoms with Gasteiger partial charge in [0.25, 0.3) is 0 Å². The van der Waals surface area contributed by atoms with Crippen LogP contribution in [0.2, 0.25) is 0 Å². The fraction of sp³-hybridized carbons (Fsp3) is 0.0625. The standard InChI is InChI=1S/C16H11F2NO2/c17-13-3-1-12(14(18)8-13)9-19-6-5-10-7-11(16(20)21)2-4-15(10)19/h1-8H,9H2,(H,20,21). The molecule has 0 aliphatic carbocycles. The van der Waals surface area contributed by atoms with Crippen molar-refractivity contribution in [2.24, 2.45) is 0 Å². The number of carboxylic acid groups (broad SMARTS) is 1. The van der Waals surface area contributed by atoms with E-state index < -0.39 is 17.6 Å². The van der Waals surface area contributed by atoms with E-state index >= 15 is 0 Å². The minimum Gasteiger partial charge on any atom is -0.478 e. The fourth-order valence-corrected chi connectivity index (χ4v) is 2.30. The van der Waals surface area contributed by atoms with Crippen LogP contribution >= 0.6 is 0 Å². The average molecular weight is 287 g/mol. The Balaban J connectivity index is 1.99. The maximum absolute atomic E-state index is 13.7. The lowest BCUT2D eigenvalue weighted by atomic mass is 10.1. The summed E-state index contributed by atoms with van der Waals surface area (Å²) >= 11 is 0. The molecule has 106 valence electrons. The molecule has 0 atom stereocenters. The zero-order valence-electron chi connectivity index (χ0n) is 10.9. The van der Waals surface area contributed by atoms with Crippen molar-refractivity contribution in [3.63, 3.8) is 0 Å². The van der Waals surface area contributed by atoms with Crippen LogP contribution in [0.5, 0.6) is 0 Å². The van der Waals surface area contributed by atoms with Gasteiger partial charge in [-0.15, -0.1) is 0 Å². The van der Waals surface area contributed by atoms with Gasteiger partial charge in [-0.3, -0.25) is 0 Å². The number of halogens is 2. The highest BCUT2D eigenvalue weighted by atomic mass is 19.1. The van der Waals surface area contributed by atoms with Gasteiger partial charge in [0.2, 0.25) is 0 Å². The SMILES string of the molecule is O=C(O)c1ccc2c(ccn2Cc2ccc(F)cc2F)c1. The predicted octanol–water partition coefficient (Wildman–Crippen LogP) is 3.67. The van der Waals surface area contributed by atoms with Crippen molar-refractivity contribution in [1.82, 2.24) is 4.57 Å². The molecule has 0 radical (unpaired) electrons. The highest BCUT2D eigenvalue weighted by Crippen LogP contribution is 2.20. The molecule has 0 aliphatic rings. The predicted molar refractivity (Wildman–Crippen MR) is 74.4 cm³/mol.